The van der Waals surface area contributed by atoms with E-state index in [0.29, 0.717) is 0 Å². The first-order chi connectivity index (χ1) is 31.6. The molecule has 7 aromatic rings. The normalized spacial score (nSPS) is 10.9. The summed E-state index contributed by atoms with van der Waals surface area (Å²) in [5.74, 6) is 0. The number of aromatic nitrogens is 6. The summed E-state index contributed by atoms with van der Waals surface area (Å²) in [5, 5.41) is 0. The number of benzene rings is 2. The van der Waals surface area contributed by atoms with Crippen molar-refractivity contribution in [2.75, 3.05) is 13.1 Å². The van der Waals surface area contributed by atoms with Crippen LogP contribution in [0.25, 0.3) is 45.3 Å². The number of rotatable bonds is 16. The maximum absolute atomic E-state index is 4.62. The number of hydrogen-bond acceptors (Lipinski definition) is 6. The molecule has 2 aromatic carbocycles. The third-order valence-corrected chi connectivity index (χ3v) is 9.89. The van der Waals surface area contributed by atoms with E-state index in [4.69, 9.17) is 0 Å². The molecule has 0 aliphatic carbocycles. The van der Waals surface area contributed by atoms with E-state index in [1.807, 2.05) is 121 Å². The van der Waals surface area contributed by atoms with Gasteiger partial charge in [0.15, 0.2) is 0 Å². The topological polar surface area (TPSA) is 66.8 Å². The first kappa shape index (κ1) is 57.8. The van der Waals surface area contributed by atoms with Gasteiger partial charge in [-0.1, -0.05) is 89.8 Å². The van der Waals surface area contributed by atoms with Gasteiger partial charge in [0.1, 0.15) is 12.4 Å². The molecule has 0 amide bonds. The minimum atomic E-state index is 0. The van der Waals surface area contributed by atoms with Gasteiger partial charge in [-0.2, -0.15) is 6.67 Å². The van der Waals surface area contributed by atoms with E-state index in [-0.39, 0.29) is 37.4 Å². The number of halogens is 2. The minimum Gasteiger partial charge on any atom is -0.295 e. The van der Waals surface area contributed by atoms with Crippen molar-refractivity contribution in [3.63, 3.8) is 0 Å². The molecule has 5 aromatic heterocycles. The van der Waals surface area contributed by atoms with Crippen LogP contribution in [0.4, 0.5) is 0 Å². The maximum Gasteiger partial charge on any atom is 2.00 e. The third kappa shape index (κ3) is 21.5. The fourth-order valence-corrected chi connectivity index (χ4v) is 6.36. The van der Waals surface area contributed by atoms with Gasteiger partial charge in [-0.05, 0) is 99.0 Å². The average Bonchev–Trinajstić information content (AvgIpc) is 4.05. The molecular weight excluding hydrogens is 1090 g/mol. The van der Waals surface area contributed by atoms with Gasteiger partial charge in [-0.15, -0.1) is 88.8 Å². The molecule has 0 atom stereocenters. The number of pyridine rings is 4. The van der Waals surface area contributed by atoms with E-state index in [0.717, 1.165) is 71.5 Å². The van der Waals surface area contributed by atoms with Crippen LogP contribution in [0.3, 0.4) is 0 Å². The molecule has 0 unspecified atom stereocenters. The Labute approximate surface area is 434 Å². The van der Waals surface area contributed by atoms with Gasteiger partial charge in [0.05, 0.1) is 35.9 Å². The fourth-order valence-electron chi connectivity index (χ4n) is 6.36. The van der Waals surface area contributed by atoms with Crippen LogP contribution >= 0.6 is 26.5 Å². The summed E-state index contributed by atoms with van der Waals surface area (Å²) >= 11 is 2.22. The zero-order valence-corrected chi connectivity index (χ0v) is 44.2. The number of hydrogen-bond donors (Lipinski definition) is 0. The smallest absolute Gasteiger partial charge is 0.295 e. The van der Waals surface area contributed by atoms with Crippen LogP contribution in [0.2, 0.25) is 0 Å². The first-order valence-corrected chi connectivity index (χ1v) is 24.5. The Kier molecular flexibility index (Phi) is 31.4. The molecule has 0 spiro atoms. The van der Waals surface area contributed by atoms with Crippen molar-refractivity contribution in [1.82, 2.24) is 34.3 Å². The second-order valence-corrected chi connectivity index (χ2v) is 15.0. The molecular formula is C54H65BrClN8Pd2+. The van der Waals surface area contributed by atoms with E-state index in [1.165, 1.54) is 51.4 Å². The van der Waals surface area contributed by atoms with Gasteiger partial charge in [0, 0.05) is 12.4 Å². The van der Waals surface area contributed by atoms with Crippen LogP contribution in [-0.2, 0) is 51.7 Å². The molecule has 8 rings (SSSR count). The van der Waals surface area contributed by atoms with Crippen molar-refractivity contribution in [2.45, 2.75) is 92.2 Å². The van der Waals surface area contributed by atoms with E-state index in [2.05, 4.69) is 144 Å². The molecule has 0 N–H and O–H groups in total. The monoisotopic (exact) mass is 1150 g/mol. The van der Waals surface area contributed by atoms with Crippen LogP contribution in [0.1, 0.15) is 79.1 Å². The number of imidazole rings is 1. The predicted octanol–water partition coefficient (Wildman–Crippen LogP) is 13.7. The molecule has 1 aliphatic rings. The van der Waals surface area contributed by atoms with Gasteiger partial charge < -0.3 is 9.80 Å². The Morgan fingerprint density at radius 1 is 0.545 bits per heavy atom. The molecule has 8 nitrogen and oxygen atoms in total. The second-order valence-electron chi connectivity index (χ2n) is 15.0. The molecule has 0 radical (unpaired) electrons. The Hall–Kier alpha value is -4.32. The van der Waals surface area contributed by atoms with Crippen molar-refractivity contribution in [1.29, 1.82) is 0 Å². The summed E-state index contributed by atoms with van der Waals surface area (Å²) in [5.41, 5.74) is 7.35. The minimum absolute atomic E-state index is 0. The van der Waals surface area contributed by atoms with Crippen LogP contribution in [0.15, 0.2) is 165 Å². The van der Waals surface area contributed by atoms with Crippen LogP contribution in [-0.4, -0.2) is 47.4 Å². The Balaban J connectivity index is 0.000000299. The van der Waals surface area contributed by atoms with Crippen molar-refractivity contribution in [3.05, 3.63) is 184 Å². The van der Waals surface area contributed by atoms with Crippen molar-refractivity contribution in [2.24, 2.45) is 0 Å². The predicted molar refractivity (Wildman–Crippen MR) is 271 cm³/mol. The quantitative estimate of drug-likeness (QED) is 0.0546. The molecule has 0 bridgehead atoms. The van der Waals surface area contributed by atoms with Crippen molar-refractivity contribution >= 4 is 26.5 Å². The largest absolute Gasteiger partial charge is 2.00 e. The zero-order valence-electron chi connectivity index (χ0n) is 38.6. The number of aryl methyl sites for hydroxylation is 2. The van der Waals surface area contributed by atoms with Gasteiger partial charge in [-0.25, -0.2) is 9.13 Å². The van der Waals surface area contributed by atoms with Gasteiger partial charge >= 0.3 is 48.1 Å². The third-order valence-electron chi connectivity index (χ3n) is 9.89. The Bertz CT molecular complexity index is 2000. The van der Waals surface area contributed by atoms with Crippen molar-refractivity contribution < 1.29 is 43.2 Å². The summed E-state index contributed by atoms with van der Waals surface area (Å²) in [6, 6.07) is 45.6. The van der Waals surface area contributed by atoms with Crippen molar-refractivity contribution in [3.8, 4) is 45.3 Å². The van der Waals surface area contributed by atoms with E-state index >= 15 is 0 Å². The average molecular weight is 1150 g/mol. The number of unbranched alkanes of at least 4 members (excludes halogenated alkanes) is 4. The molecule has 0 saturated heterocycles. The van der Waals surface area contributed by atoms with Crippen LogP contribution in [0.5, 0.6) is 0 Å². The second kappa shape index (κ2) is 35.8. The van der Waals surface area contributed by atoms with Gasteiger partial charge in [0.2, 0.25) is 6.33 Å². The SMILES string of the molecule is Br.CCCCN1C=CN(CCCC)[CH-]1.CCCCn1cc[n+](CCCC)c1.[Cl][Pd+].[Pd+2].[c-]1ccccc1-c1cccc(-c2ccccn2)n1.[c-]1ccccc1-c1cccc(-c2ccccn2)n1. The fraction of sp³-hybridized carbons (Fsp3) is 0.296. The van der Waals surface area contributed by atoms with E-state index in [9.17, 15) is 0 Å². The Morgan fingerprint density at radius 3 is 1.41 bits per heavy atom. The molecule has 0 saturated carbocycles. The number of nitrogens with zero attached hydrogens (tertiary/aromatic N) is 8. The summed E-state index contributed by atoms with van der Waals surface area (Å²) in [4.78, 5) is 22.4. The summed E-state index contributed by atoms with van der Waals surface area (Å²) in [6.45, 7) is 15.8. The van der Waals surface area contributed by atoms with E-state index in [1.54, 1.807) is 12.4 Å². The molecule has 6 heterocycles. The molecule has 1 aliphatic heterocycles. The van der Waals surface area contributed by atoms with Gasteiger partial charge in [-0.3, -0.25) is 19.9 Å². The summed E-state index contributed by atoms with van der Waals surface area (Å²) in [6.07, 6.45) is 24.7. The standard InChI is InChI=1S/2C16H11N2.2C11H21N2.BrH.ClH.2Pd/c2*1-2-7-13(8-3-1)14-10-6-11-16(18-14)15-9-4-5-12-17-15;2*1-3-5-7-12-9-10-13(11-12)8-6-4-2;;;;/h2*1-7,9-12H;2*9-11H,3-8H2,1-2H3;2*1H;;/q3*-1;+1;;;2*+2/p-1. The molecule has 12 heteroatoms. The molecule has 66 heavy (non-hydrogen) atoms. The molecule has 0 fully saturated rings. The molecule has 354 valence electrons. The van der Waals surface area contributed by atoms with E-state index < -0.39 is 0 Å². The van der Waals surface area contributed by atoms with Crippen LogP contribution < -0.4 is 4.57 Å². The zero-order chi connectivity index (χ0) is 45.5. The summed E-state index contributed by atoms with van der Waals surface area (Å²) < 4.78 is 4.55. The maximum atomic E-state index is 4.62. The first-order valence-electron chi connectivity index (χ1n) is 22.5. The van der Waals surface area contributed by atoms with Gasteiger partial charge in [0.25, 0.3) is 0 Å². The summed E-state index contributed by atoms with van der Waals surface area (Å²) in [7, 11) is 4.49. The Morgan fingerprint density at radius 2 is 0.985 bits per heavy atom. The van der Waals surface area contributed by atoms with Crippen LogP contribution in [0, 0.1) is 18.8 Å².